The van der Waals surface area contributed by atoms with Crippen molar-refractivity contribution >= 4 is 11.6 Å². The minimum Gasteiger partial charge on any atom is -0.122 e. The minimum absolute atomic E-state index is 0.581. The molecule has 0 saturated carbocycles. The topological polar surface area (TPSA) is 0 Å². The van der Waals surface area contributed by atoms with Gasteiger partial charge in [-0.25, -0.2) is 0 Å². The highest BCUT2D eigenvalue weighted by atomic mass is 35.5. The van der Waals surface area contributed by atoms with E-state index < -0.39 is 0 Å². The molecule has 0 aliphatic rings. The maximum atomic E-state index is 5.51. The van der Waals surface area contributed by atoms with Crippen LogP contribution in [0.1, 0.15) is 5.56 Å². The van der Waals surface area contributed by atoms with Gasteiger partial charge in [0, 0.05) is 5.88 Å². The third kappa shape index (κ3) is 1.24. The van der Waals surface area contributed by atoms with Crippen LogP contribution >= 0.6 is 11.6 Å². The second-order valence-electron chi connectivity index (χ2n) is 1.55. The molecule has 1 radical (unpaired) electrons. The van der Waals surface area contributed by atoms with E-state index >= 15 is 0 Å². The average molecular weight is 126 g/mol. The number of rotatable bonds is 1. The lowest BCUT2D eigenvalue weighted by Crippen LogP contribution is -1.71. The molecule has 1 heteroatoms. The number of benzene rings is 1. The first-order valence-electron chi connectivity index (χ1n) is 2.44. The Hall–Kier alpha value is -0.490. The second kappa shape index (κ2) is 2.73. The Morgan fingerprint density at radius 3 is 2.88 bits per heavy atom. The predicted molar refractivity (Wildman–Crippen MR) is 34.8 cm³/mol. The predicted octanol–water partition coefficient (Wildman–Crippen LogP) is 2.23. The highest BCUT2D eigenvalue weighted by Crippen LogP contribution is 1.99. The molecule has 0 aliphatic heterocycles. The first-order valence-corrected chi connectivity index (χ1v) is 2.98. The van der Waals surface area contributed by atoms with Crippen LogP contribution < -0.4 is 0 Å². The summed E-state index contributed by atoms with van der Waals surface area (Å²) in [6, 6.07) is 10.6. The van der Waals surface area contributed by atoms with Gasteiger partial charge in [0.1, 0.15) is 0 Å². The summed E-state index contributed by atoms with van der Waals surface area (Å²) in [6.45, 7) is 0. The molecule has 0 N–H and O–H groups in total. The van der Waals surface area contributed by atoms with Crippen LogP contribution in [0.4, 0.5) is 0 Å². The zero-order chi connectivity index (χ0) is 5.82. The molecule has 1 rings (SSSR count). The van der Waals surface area contributed by atoms with E-state index in [0.29, 0.717) is 5.88 Å². The quantitative estimate of drug-likeness (QED) is 0.505. The van der Waals surface area contributed by atoms with E-state index in [-0.39, 0.29) is 0 Å². The van der Waals surface area contributed by atoms with Crippen LogP contribution in [0.3, 0.4) is 0 Å². The molecule has 0 unspecified atom stereocenters. The van der Waals surface area contributed by atoms with Crippen LogP contribution in [-0.2, 0) is 5.88 Å². The summed E-state index contributed by atoms with van der Waals surface area (Å²) in [5.74, 6) is 0.581. The fourth-order valence-corrected chi connectivity index (χ4v) is 0.680. The Kier molecular flexibility index (Phi) is 1.93. The molecular weight excluding hydrogens is 120 g/mol. The average Bonchev–Trinajstić information content (AvgIpc) is 1.90. The monoisotopic (exact) mass is 125 g/mol. The summed E-state index contributed by atoms with van der Waals surface area (Å²) < 4.78 is 0. The summed E-state index contributed by atoms with van der Waals surface area (Å²) >= 11 is 5.51. The molecule has 0 fully saturated rings. The van der Waals surface area contributed by atoms with Crippen molar-refractivity contribution in [1.29, 1.82) is 0 Å². The molecule has 0 aliphatic carbocycles. The van der Waals surface area contributed by atoms with Gasteiger partial charge < -0.3 is 0 Å². The van der Waals surface area contributed by atoms with Gasteiger partial charge in [0.25, 0.3) is 0 Å². The van der Waals surface area contributed by atoms with Crippen LogP contribution in [0, 0.1) is 6.07 Å². The van der Waals surface area contributed by atoms with Crippen molar-refractivity contribution in [3.8, 4) is 0 Å². The van der Waals surface area contributed by atoms with Crippen molar-refractivity contribution < 1.29 is 0 Å². The van der Waals surface area contributed by atoms with Crippen molar-refractivity contribution in [2.24, 2.45) is 0 Å². The number of alkyl halides is 1. The first-order chi connectivity index (χ1) is 3.93. The molecule has 0 bridgehead atoms. The highest BCUT2D eigenvalue weighted by Gasteiger charge is 1.82. The van der Waals surface area contributed by atoms with Crippen LogP contribution in [-0.4, -0.2) is 0 Å². The van der Waals surface area contributed by atoms with Gasteiger partial charge >= 0.3 is 0 Å². The smallest absolute Gasteiger partial charge is 0.0474 e. The van der Waals surface area contributed by atoms with Crippen LogP contribution in [0.15, 0.2) is 24.3 Å². The molecule has 0 aromatic heterocycles. The normalized spacial score (nSPS) is 9.12. The minimum atomic E-state index is 0.581. The standard InChI is InChI=1S/C7H6Cl/c8-6-7-4-2-1-3-5-7/h1-2,4-5H,6H2. The van der Waals surface area contributed by atoms with Gasteiger partial charge in [-0.3, -0.25) is 0 Å². The molecule has 1 aromatic carbocycles. The Bertz CT molecular complexity index is 146. The van der Waals surface area contributed by atoms with Crippen molar-refractivity contribution in [3.05, 3.63) is 35.9 Å². The van der Waals surface area contributed by atoms with Crippen LogP contribution in [0.5, 0.6) is 0 Å². The molecule has 0 nitrogen and oxygen atoms in total. The van der Waals surface area contributed by atoms with Crippen molar-refractivity contribution in [2.45, 2.75) is 5.88 Å². The van der Waals surface area contributed by atoms with Gasteiger partial charge in [-0.2, -0.15) is 0 Å². The van der Waals surface area contributed by atoms with Crippen molar-refractivity contribution in [3.63, 3.8) is 0 Å². The van der Waals surface area contributed by atoms with Crippen molar-refractivity contribution in [1.82, 2.24) is 0 Å². The summed E-state index contributed by atoms with van der Waals surface area (Å²) in [5, 5.41) is 0. The van der Waals surface area contributed by atoms with Crippen LogP contribution in [0.2, 0.25) is 0 Å². The Balaban J connectivity index is 2.83. The summed E-state index contributed by atoms with van der Waals surface area (Å²) in [7, 11) is 0. The molecule has 1 aromatic rings. The van der Waals surface area contributed by atoms with Gasteiger partial charge in [-0.1, -0.05) is 18.2 Å². The lowest BCUT2D eigenvalue weighted by Gasteiger charge is -1.87. The number of halogens is 1. The number of hydrogen-bond acceptors (Lipinski definition) is 0. The number of hydrogen-bond donors (Lipinski definition) is 0. The van der Waals surface area contributed by atoms with E-state index in [9.17, 15) is 0 Å². The first kappa shape index (κ1) is 5.64. The summed E-state index contributed by atoms with van der Waals surface area (Å²) in [5.41, 5.74) is 1.12. The molecular formula is C7H6Cl. The van der Waals surface area contributed by atoms with E-state index in [1.807, 2.05) is 24.3 Å². The molecule has 0 amide bonds. The lowest BCUT2D eigenvalue weighted by molar-refractivity contribution is 1.40. The van der Waals surface area contributed by atoms with Gasteiger partial charge in [0.05, 0.1) is 0 Å². The van der Waals surface area contributed by atoms with E-state index in [1.165, 1.54) is 0 Å². The van der Waals surface area contributed by atoms with Gasteiger partial charge in [0.2, 0.25) is 0 Å². The van der Waals surface area contributed by atoms with E-state index in [2.05, 4.69) is 6.07 Å². The van der Waals surface area contributed by atoms with Crippen LogP contribution in [0.25, 0.3) is 0 Å². The van der Waals surface area contributed by atoms with E-state index in [1.54, 1.807) is 0 Å². The molecule has 0 spiro atoms. The zero-order valence-corrected chi connectivity index (χ0v) is 5.15. The molecule has 41 valence electrons. The molecule has 0 saturated heterocycles. The molecule has 0 heterocycles. The largest absolute Gasteiger partial charge is 0.122 e. The Labute approximate surface area is 54.1 Å². The highest BCUT2D eigenvalue weighted by molar-refractivity contribution is 6.17. The summed E-state index contributed by atoms with van der Waals surface area (Å²) in [4.78, 5) is 0. The fraction of sp³-hybridized carbons (Fsp3) is 0.143. The third-order valence-electron chi connectivity index (χ3n) is 0.926. The third-order valence-corrected chi connectivity index (χ3v) is 1.23. The fourth-order valence-electron chi connectivity index (χ4n) is 0.514. The van der Waals surface area contributed by atoms with Gasteiger partial charge in [0.15, 0.2) is 0 Å². The summed E-state index contributed by atoms with van der Waals surface area (Å²) in [6.07, 6.45) is 0. The Morgan fingerprint density at radius 1 is 1.62 bits per heavy atom. The zero-order valence-electron chi connectivity index (χ0n) is 4.39. The maximum Gasteiger partial charge on any atom is 0.0474 e. The van der Waals surface area contributed by atoms with Gasteiger partial charge in [-0.15, -0.1) is 11.6 Å². The van der Waals surface area contributed by atoms with Gasteiger partial charge in [-0.05, 0) is 17.7 Å². The van der Waals surface area contributed by atoms with E-state index in [0.717, 1.165) is 5.56 Å². The second-order valence-corrected chi connectivity index (χ2v) is 1.81. The Morgan fingerprint density at radius 2 is 2.50 bits per heavy atom. The molecule has 8 heavy (non-hydrogen) atoms. The lowest BCUT2D eigenvalue weighted by atomic mass is 10.2. The van der Waals surface area contributed by atoms with Crippen molar-refractivity contribution in [2.75, 3.05) is 0 Å². The SMILES string of the molecule is ClCc1c[c]ccc1. The maximum absolute atomic E-state index is 5.51. The molecule has 0 atom stereocenters. The van der Waals surface area contributed by atoms with E-state index in [4.69, 9.17) is 11.6 Å².